The second-order valence-electron chi connectivity index (χ2n) is 3.57. The summed E-state index contributed by atoms with van der Waals surface area (Å²) in [6.45, 7) is 3.51. The van der Waals surface area contributed by atoms with Crippen molar-refractivity contribution in [3.05, 3.63) is 29.3 Å². The lowest BCUT2D eigenvalue weighted by Gasteiger charge is -2.05. The summed E-state index contributed by atoms with van der Waals surface area (Å²) in [4.78, 5) is 14.6. The van der Waals surface area contributed by atoms with E-state index in [4.69, 9.17) is 0 Å². The zero-order chi connectivity index (χ0) is 11.3. The number of halogens is 1. The molecule has 0 radical (unpaired) electrons. The molecule has 0 N–H and O–H groups in total. The first-order valence-electron chi connectivity index (χ1n) is 5.07. The van der Waals surface area contributed by atoms with Crippen LogP contribution in [0.5, 0.6) is 5.75 Å². The van der Waals surface area contributed by atoms with E-state index in [0.29, 0.717) is 19.3 Å². The smallest absolute Gasteiger partial charge is 0.175 e. The molecule has 2 nitrogen and oxygen atoms in total. The molecule has 0 saturated heterocycles. The molecule has 0 spiro atoms. The molecule has 0 saturated carbocycles. The highest BCUT2D eigenvalue weighted by molar-refractivity contribution is 5.75. The summed E-state index contributed by atoms with van der Waals surface area (Å²) in [5, 5.41) is 0. The maximum Gasteiger partial charge on any atom is 0.175 e. The van der Waals surface area contributed by atoms with Gasteiger partial charge >= 0.3 is 0 Å². The first-order chi connectivity index (χ1) is 7.17. The molecular weight excluding hydrogens is 195 g/mol. The summed E-state index contributed by atoms with van der Waals surface area (Å²) in [5.74, 6) is 0.433. The van der Waals surface area contributed by atoms with Crippen LogP contribution in [0.1, 0.15) is 31.4 Å². The average Bonchev–Trinajstić information content (AvgIpc) is 2.25. The Bertz CT molecular complexity index is 347. The van der Waals surface area contributed by atoms with Crippen LogP contribution < -0.4 is 4.94 Å². The molecule has 0 bridgehead atoms. The van der Waals surface area contributed by atoms with Crippen molar-refractivity contribution in [3.63, 3.8) is 0 Å². The van der Waals surface area contributed by atoms with Gasteiger partial charge in [0.05, 0.1) is 0 Å². The van der Waals surface area contributed by atoms with Crippen LogP contribution in [0.3, 0.4) is 0 Å². The Labute approximate surface area is 89.0 Å². The highest BCUT2D eigenvalue weighted by atomic mass is 19.3. The minimum atomic E-state index is 0.166. The van der Waals surface area contributed by atoms with Gasteiger partial charge in [0.1, 0.15) is 5.78 Å². The van der Waals surface area contributed by atoms with Crippen molar-refractivity contribution in [1.29, 1.82) is 0 Å². The number of carbonyl (C=O) groups excluding carboxylic acids is 1. The third-order valence-electron chi connectivity index (χ3n) is 2.35. The SMILES string of the molecule is CCc1cc(CCC(C)=O)ccc1OF. The second kappa shape index (κ2) is 5.49. The van der Waals surface area contributed by atoms with Crippen molar-refractivity contribution in [2.45, 2.75) is 33.1 Å². The van der Waals surface area contributed by atoms with Gasteiger partial charge in [-0.15, -0.1) is 0 Å². The number of aryl methyl sites for hydroxylation is 2. The van der Waals surface area contributed by atoms with E-state index in [0.717, 1.165) is 11.1 Å². The van der Waals surface area contributed by atoms with Crippen LogP contribution in [0, 0.1) is 0 Å². The monoisotopic (exact) mass is 210 g/mol. The van der Waals surface area contributed by atoms with Crippen LogP contribution in [0.4, 0.5) is 4.53 Å². The number of Topliss-reactive ketones (excluding diaryl/α,β-unsaturated/α-hetero) is 1. The van der Waals surface area contributed by atoms with Gasteiger partial charge in [-0.3, -0.25) is 4.94 Å². The summed E-state index contributed by atoms with van der Waals surface area (Å²) in [6.07, 6.45) is 1.95. The molecular formula is C12H15FO2. The maximum absolute atomic E-state index is 12.1. The lowest BCUT2D eigenvalue weighted by atomic mass is 10.0. The largest absolute Gasteiger partial charge is 0.300 e. The van der Waals surface area contributed by atoms with Crippen molar-refractivity contribution in [3.8, 4) is 5.75 Å². The minimum absolute atomic E-state index is 0.166. The number of carbonyl (C=O) groups is 1. The van der Waals surface area contributed by atoms with Gasteiger partial charge in [0.15, 0.2) is 5.75 Å². The lowest BCUT2D eigenvalue weighted by Crippen LogP contribution is -1.96. The first kappa shape index (κ1) is 11.7. The van der Waals surface area contributed by atoms with Gasteiger partial charge in [0, 0.05) is 10.9 Å². The van der Waals surface area contributed by atoms with Gasteiger partial charge in [0.2, 0.25) is 0 Å². The topological polar surface area (TPSA) is 26.3 Å². The molecule has 0 aliphatic heterocycles. The molecule has 3 heteroatoms. The fourth-order valence-corrected chi connectivity index (χ4v) is 1.46. The molecule has 0 fully saturated rings. The van der Waals surface area contributed by atoms with E-state index in [2.05, 4.69) is 4.94 Å². The zero-order valence-electron chi connectivity index (χ0n) is 9.05. The molecule has 82 valence electrons. The molecule has 1 aromatic rings. The van der Waals surface area contributed by atoms with Gasteiger partial charge in [-0.2, -0.15) is 0 Å². The van der Waals surface area contributed by atoms with Crippen LogP contribution in [-0.2, 0) is 17.6 Å². The molecule has 15 heavy (non-hydrogen) atoms. The summed E-state index contributed by atoms with van der Waals surface area (Å²) in [6, 6.07) is 5.28. The van der Waals surface area contributed by atoms with E-state index < -0.39 is 0 Å². The quantitative estimate of drug-likeness (QED) is 0.746. The molecule has 0 aromatic heterocycles. The van der Waals surface area contributed by atoms with Crippen molar-refractivity contribution in [1.82, 2.24) is 0 Å². The van der Waals surface area contributed by atoms with E-state index in [9.17, 15) is 9.32 Å². The summed E-state index contributed by atoms with van der Waals surface area (Å²) < 4.78 is 12.1. The fraction of sp³-hybridized carbons (Fsp3) is 0.417. The fourth-order valence-electron chi connectivity index (χ4n) is 1.46. The van der Waals surface area contributed by atoms with E-state index in [1.54, 1.807) is 19.1 Å². The van der Waals surface area contributed by atoms with Crippen molar-refractivity contribution in [2.24, 2.45) is 0 Å². The Morgan fingerprint density at radius 1 is 1.47 bits per heavy atom. The predicted molar refractivity (Wildman–Crippen MR) is 56.6 cm³/mol. The van der Waals surface area contributed by atoms with E-state index >= 15 is 0 Å². The number of hydrogen-bond donors (Lipinski definition) is 0. The number of ketones is 1. The first-order valence-corrected chi connectivity index (χ1v) is 5.07. The standard InChI is InChI=1S/C12H15FO2/c1-3-11-8-10(5-4-9(2)14)6-7-12(11)15-13/h6-8H,3-5H2,1-2H3. The summed E-state index contributed by atoms with van der Waals surface area (Å²) >= 11 is 0. The Balaban J connectivity index is 2.78. The number of rotatable bonds is 5. The Kier molecular flexibility index (Phi) is 4.28. The van der Waals surface area contributed by atoms with Crippen LogP contribution in [0.15, 0.2) is 18.2 Å². The molecule has 0 heterocycles. The molecule has 0 atom stereocenters. The van der Waals surface area contributed by atoms with Gasteiger partial charge in [-0.05, 0) is 37.0 Å². The molecule has 0 aliphatic rings. The van der Waals surface area contributed by atoms with E-state index in [-0.39, 0.29) is 11.5 Å². The van der Waals surface area contributed by atoms with Crippen molar-refractivity contribution < 1.29 is 14.3 Å². The predicted octanol–water partition coefficient (Wildman–Crippen LogP) is 3.03. The molecule has 1 aromatic carbocycles. The Morgan fingerprint density at radius 3 is 2.73 bits per heavy atom. The van der Waals surface area contributed by atoms with Crippen LogP contribution in [0.25, 0.3) is 0 Å². The molecule has 0 aliphatic carbocycles. The second-order valence-corrected chi connectivity index (χ2v) is 3.57. The lowest BCUT2D eigenvalue weighted by molar-refractivity contribution is -0.116. The third-order valence-corrected chi connectivity index (χ3v) is 2.35. The Hall–Kier alpha value is -1.38. The normalized spacial score (nSPS) is 10.1. The number of hydrogen-bond acceptors (Lipinski definition) is 2. The average molecular weight is 210 g/mol. The highest BCUT2D eigenvalue weighted by Gasteiger charge is 2.05. The highest BCUT2D eigenvalue weighted by Crippen LogP contribution is 2.21. The minimum Gasteiger partial charge on any atom is -0.300 e. The summed E-state index contributed by atoms with van der Waals surface area (Å²) in [7, 11) is 0. The molecule has 1 rings (SSSR count). The van der Waals surface area contributed by atoms with Gasteiger partial charge in [-0.25, -0.2) is 0 Å². The van der Waals surface area contributed by atoms with Crippen LogP contribution in [0.2, 0.25) is 0 Å². The van der Waals surface area contributed by atoms with Crippen LogP contribution in [-0.4, -0.2) is 5.78 Å². The van der Waals surface area contributed by atoms with E-state index in [1.807, 2.05) is 13.0 Å². The van der Waals surface area contributed by atoms with E-state index in [1.165, 1.54) is 0 Å². The summed E-state index contributed by atoms with van der Waals surface area (Å²) in [5.41, 5.74) is 1.88. The Morgan fingerprint density at radius 2 is 2.20 bits per heavy atom. The van der Waals surface area contributed by atoms with Gasteiger partial charge < -0.3 is 4.79 Å². The third kappa shape index (κ3) is 3.35. The van der Waals surface area contributed by atoms with Crippen molar-refractivity contribution >= 4 is 5.78 Å². The number of benzene rings is 1. The van der Waals surface area contributed by atoms with Gasteiger partial charge in [-0.1, -0.05) is 19.1 Å². The maximum atomic E-state index is 12.1. The molecule has 0 unspecified atom stereocenters. The van der Waals surface area contributed by atoms with Gasteiger partial charge in [0.25, 0.3) is 0 Å². The van der Waals surface area contributed by atoms with Crippen molar-refractivity contribution in [2.75, 3.05) is 0 Å². The molecule has 0 amide bonds. The zero-order valence-corrected chi connectivity index (χ0v) is 9.05. The van der Waals surface area contributed by atoms with Crippen LogP contribution >= 0.6 is 0 Å².